The average Bonchev–Trinajstić information content (AvgIpc) is 2.55. The van der Waals surface area contributed by atoms with Crippen LogP contribution >= 0.6 is 0 Å². The molecule has 120 valence electrons. The maximum Gasteiger partial charge on any atom is 0.264 e. The Morgan fingerprint density at radius 3 is 2.26 bits per heavy atom. The molecule has 0 aliphatic heterocycles. The molecule has 0 N–H and O–H groups in total. The summed E-state index contributed by atoms with van der Waals surface area (Å²) in [7, 11) is -2.17. The fraction of sp³-hybridized carbons (Fsp3) is 0.176. The van der Waals surface area contributed by atoms with Crippen molar-refractivity contribution < 1.29 is 8.42 Å². The molecule has 6 heteroatoms. The van der Waals surface area contributed by atoms with E-state index in [0.29, 0.717) is 5.71 Å². The van der Waals surface area contributed by atoms with Crippen molar-refractivity contribution in [2.75, 3.05) is 7.05 Å². The minimum absolute atomic E-state index is 0.223. The molecule has 0 aliphatic carbocycles. The van der Waals surface area contributed by atoms with Gasteiger partial charge in [0.1, 0.15) is 6.34 Å². The summed E-state index contributed by atoms with van der Waals surface area (Å²) >= 11 is 0. The third-order valence-electron chi connectivity index (χ3n) is 3.31. The van der Waals surface area contributed by atoms with Gasteiger partial charge in [-0.1, -0.05) is 48.0 Å². The van der Waals surface area contributed by atoms with Gasteiger partial charge in [0.2, 0.25) is 0 Å². The summed E-state index contributed by atoms with van der Waals surface area (Å²) in [6.45, 7) is 3.73. The van der Waals surface area contributed by atoms with Gasteiger partial charge in [0.15, 0.2) is 0 Å². The number of aryl methyl sites for hydroxylation is 1. The van der Waals surface area contributed by atoms with Gasteiger partial charge in [-0.05, 0) is 31.5 Å². The quantitative estimate of drug-likeness (QED) is 0.481. The second kappa shape index (κ2) is 7.19. The van der Waals surface area contributed by atoms with Crippen LogP contribution in [0.25, 0.3) is 0 Å². The van der Waals surface area contributed by atoms with Crippen molar-refractivity contribution in [2.45, 2.75) is 18.7 Å². The molecule has 0 unspecified atom stereocenters. The normalized spacial score (nSPS) is 12.6. The first-order valence-electron chi connectivity index (χ1n) is 7.09. The van der Waals surface area contributed by atoms with E-state index in [4.69, 9.17) is 0 Å². The van der Waals surface area contributed by atoms with Crippen LogP contribution in [-0.4, -0.2) is 31.8 Å². The third kappa shape index (κ3) is 4.26. The maximum atomic E-state index is 12.4. The predicted molar refractivity (Wildman–Crippen MR) is 93.3 cm³/mol. The van der Waals surface area contributed by atoms with Crippen LogP contribution in [0, 0.1) is 6.92 Å². The molecule has 0 radical (unpaired) electrons. The number of benzene rings is 2. The molecule has 2 rings (SSSR count). The van der Waals surface area contributed by atoms with Gasteiger partial charge in [-0.15, -0.1) is 5.10 Å². The minimum atomic E-state index is -3.60. The van der Waals surface area contributed by atoms with Crippen molar-refractivity contribution in [1.82, 2.24) is 4.31 Å². The van der Waals surface area contributed by atoms with Crippen molar-refractivity contribution in [1.29, 1.82) is 0 Å². The van der Waals surface area contributed by atoms with E-state index in [1.807, 2.05) is 44.2 Å². The fourth-order valence-electron chi connectivity index (χ4n) is 1.86. The van der Waals surface area contributed by atoms with E-state index in [0.717, 1.165) is 15.4 Å². The number of rotatable bonds is 5. The molecule has 0 spiro atoms. The molecule has 0 aliphatic rings. The SMILES string of the molecule is CC(=NN=CN(C)S(=O)(=O)c1ccc(C)cc1)c1ccccc1. The van der Waals surface area contributed by atoms with Gasteiger partial charge in [-0.25, -0.2) is 8.42 Å². The largest absolute Gasteiger partial charge is 0.264 e. The summed E-state index contributed by atoms with van der Waals surface area (Å²) in [5, 5.41) is 7.90. The second-order valence-corrected chi connectivity index (χ2v) is 7.11. The Morgan fingerprint density at radius 1 is 1.04 bits per heavy atom. The van der Waals surface area contributed by atoms with Crippen molar-refractivity contribution in [3.63, 3.8) is 0 Å². The molecule has 0 amide bonds. The van der Waals surface area contributed by atoms with Crippen LogP contribution in [0.3, 0.4) is 0 Å². The van der Waals surface area contributed by atoms with Crippen LogP contribution in [0.15, 0.2) is 69.7 Å². The molecule has 0 bridgehead atoms. The molecule has 0 saturated heterocycles. The van der Waals surface area contributed by atoms with E-state index in [1.54, 1.807) is 24.3 Å². The Labute approximate surface area is 137 Å². The molecule has 0 saturated carbocycles. The lowest BCUT2D eigenvalue weighted by atomic mass is 10.1. The highest BCUT2D eigenvalue weighted by Gasteiger charge is 2.17. The maximum absolute atomic E-state index is 12.4. The van der Waals surface area contributed by atoms with Crippen molar-refractivity contribution in [2.24, 2.45) is 10.2 Å². The number of hydrogen-bond donors (Lipinski definition) is 0. The smallest absolute Gasteiger partial charge is 0.257 e. The minimum Gasteiger partial charge on any atom is -0.257 e. The lowest BCUT2D eigenvalue weighted by molar-refractivity contribution is 0.555. The van der Waals surface area contributed by atoms with E-state index >= 15 is 0 Å². The Balaban J connectivity index is 2.14. The first-order chi connectivity index (χ1) is 10.9. The summed E-state index contributed by atoms with van der Waals surface area (Å²) in [5.41, 5.74) is 2.65. The van der Waals surface area contributed by atoms with Crippen LogP contribution in [0.2, 0.25) is 0 Å². The fourth-order valence-corrected chi connectivity index (χ4v) is 2.84. The van der Waals surface area contributed by atoms with Gasteiger partial charge in [0, 0.05) is 7.05 Å². The highest BCUT2D eigenvalue weighted by atomic mass is 32.2. The lowest BCUT2D eigenvalue weighted by Crippen LogP contribution is -2.25. The first kappa shape index (κ1) is 16.9. The molecule has 0 atom stereocenters. The third-order valence-corrected chi connectivity index (χ3v) is 5.03. The molecule has 5 nitrogen and oxygen atoms in total. The van der Waals surface area contributed by atoms with Crippen LogP contribution in [0.1, 0.15) is 18.1 Å². The summed E-state index contributed by atoms with van der Waals surface area (Å²) in [6, 6.07) is 16.2. The summed E-state index contributed by atoms with van der Waals surface area (Å²) < 4.78 is 25.8. The van der Waals surface area contributed by atoms with E-state index < -0.39 is 10.0 Å². The van der Waals surface area contributed by atoms with Gasteiger partial charge in [0.25, 0.3) is 10.0 Å². The molecule has 0 aromatic heterocycles. The van der Waals surface area contributed by atoms with Crippen molar-refractivity contribution in [3.8, 4) is 0 Å². The average molecular weight is 329 g/mol. The topological polar surface area (TPSA) is 62.1 Å². The lowest BCUT2D eigenvalue weighted by Gasteiger charge is -2.13. The first-order valence-corrected chi connectivity index (χ1v) is 8.53. The number of sulfonamides is 1. The molecular formula is C17H19N3O2S. The van der Waals surface area contributed by atoms with Crippen LogP contribution in [-0.2, 0) is 10.0 Å². The zero-order chi connectivity index (χ0) is 16.9. The van der Waals surface area contributed by atoms with E-state index in [2.05, 4.69) is 10.2 Å². The Bertz CT molecular complexity index is 811. The summed E-state index contributed by atoms with van der Waals surface area (Å²) in [6.07, 6.45) is 1.20. The molecule has 0 heterocycles. The van der Waals surface area contributed by atoms with E-state index in [-0.39, 0.29) is 4.90 Å². The van der Waals surface area contributed by atoms with Gasteiger partial charge < -0.3 is 0 Å². The monoisotopic (exact) mass is 329 g/mol. The van der Waals surface area contributed by atoms with Crippen molar-refractivity contribution >= 4 is 22.1 Å². The Hall–Kier alpha value is -2.47. The zero-order valence-corrected chi connectivity index (χ0v) is 14.2. The molecular weight excluding hydrogens is 310 g/mol. The highest BCUT2D eigenvalue weighted by Crippen LogP contribution is 2.13. The number of hydrogen-bond acceptors (Lipinski definition) is 4. The van der Waals surface area contributed by atoms with Gasteiger partial charge in [0.05, 0.1) is 10.6 Å². The van der Waals surface area contributed by atoms with Gasteiger partial charge >= 0.3 is 0 Å². The van der Waals surface area contributed by atoms with Crippen LogP contribution in [0.5, 0.6) is 0 Å². The Kier molecular flexibility index (Phi) is 5.28. The van der Waals surface area contributed by atoms with Crippen LogP contribution in [0.4, 0.5) is 0 Å². The van der Waals surface area contributed by atoms with Crippen LogP contribution < -0.4 is 0 Å². The highest BCUT2D eigenvalue weighted by molar-refractivity contribution is 7.89. The van der Waals surface area contributed by atoms with Gasteiger partial charge in [-0.2, -0.15) is 5.10 Å². The van der Waals surface area contributed by atoms with E-state index in [1.165, 1.54) is 13.4 Å². The Morgan fingerprint density at radius 2 is 1.65 bits per heavy atom. The van der Waals surface area contributed by atoms with E-state index in [9.17, 15) is 8.42 Å². The van der Waals surface area contributed by atoms with Gasteiger partial charge in [-0.3, -0.25) is 4.31 Å². The molecule has 0 fully saturated rings. The second-order valence-electron chi connectivity index (χ2n) is 5.12. The van der Waals surface area contributed by atoms with Crippen molar-refractivity contribution in [3.05, 3.63) is 65.7 Å². The summed E-state index contributed by atoms with van der Waals surface area (Å²) in [5.74, 6) is 0. The zero-order valence-electron chi connectivity index (χ0n) is 13.3. The summed E-state index contributed by atoms with van der Waals surface area (Å²) in [4.78, 5) is 0.223. The number of nitrogens with zero attached hydrogens (tertiary/aromatic N) is 3. The standard InChI is InChI=1S/C17H19N3O2S/c1-14-9-11-17(12-10-14)23(21,22)20(3)13-18-19-15(2)16-7-5-4-6-8-16/h4-13H,1-3H3. The molecule has 23 heavy (non-hydrogen) atoms. The molecule has 2 aromatic rings. The predicted octanol–water partition coefficient (Wildman–Crippen LogP) is 3.07. The molecule has 2 aromatic carbocycles.